The second-order valence-electron chi connectivity index (χ2n) is 6.11. The van der Waals surface area contributed by atoms with E-state index in [0.29, 0.717) is 18.2 Å². The molecule has 0 atom stereocenters. The molecule has 132 valence electrons. The van der Waals surface area contributed by atoms with Crippen LogP contribution in [0, 0.1) is 5.92 Å². The first-order valence-electron chi connectivity index (χ1n) is 8.42. The highest BCUT2D eigenvalue weighted by atomic mass is 32.2. The van der Waals surface area contributed by atoms with Gasteiger partial charge in [-0.2, -0.15) is 0 Å². The molecule has 0 spiro atoms. The first kappa shape index (κ1) is 17.5. The van der Waals surface area contributed by atoms with Crippen molar-refractivity contribution >= 4 is 17.4 Å². The summed E-state index contributed by atoms with van der Waals surface area (Å²) in [5.74, 6) is 2.38. The largest absolute Gasteiger partial charge is 0.494 e. The fraction of sp³-hybridized carbons (Fsp3) is 0.389. The van der Waals surface area contributed by atoms with Crippen molar-refractivity contribution in [3.8, 4) is 11.4 Å². The summed E-state index contributed by atoms with van der Waals surface area (Å²) in [6.45, 7) is 6.94. The van der Waals surface area contributed by atoms with E-state index in [1.807, 2.05) is 37.4 Å². The molecule has 0 unspecified atom stereocenters. The maximum atomic E-state index is 12.7. The first-order chi connectivity index (χ1) is 12.1. The van der Waals surface area contributed by atoms with E-state index in [1.165, 1.54) is 0 Å². The summed E-state index contributed by atoms with van der Waals surface area (Å²) in [6, 6.07) is 7.42. The predicted molar refractivity (Wildman–Crippen MR) is 99.9 cm³/mol. The van der Waals surface area contributed by atoms with Gasteiger partial charge in [-0.3, -0.25) is 13.8 Å². The van der Waals surface area contributed by atoms with Gasteiger partial charge in [0, 0.05) is 23.8 Å². The molecule has 1 aromatic carbocycles. The van der Waals surface area contributed by atoms with Crippen LogP contribution in [0.5, 0.6) is 5.75 Å². The molecule has 0 aliphatic rings. The minimum Gasteiger partial charge on any atom is -0.494 e. The Balaban J connectivity index is 1.89. The summed E-state index contributed by atoms with van der Waals surface area (Å²) >= 11 is 1.63. The molecule has 0 saturated heterocycles. The van der Waals surface area contributed by atoms with Crippen LogP contribution in [0.3, 0.4) is 0 Å². The lowest BCUT2D eigenvalue weighted by Crippen LogP contribution is -2.20. The second-order valence-corrected chi connectivity index (χ2v) is 7.17. The monoisotopic (exact) mass is 358 g/mol. The fourth-order valence-corrected chi connectivity index (χ4v) is 3.58. The van der Waals surface area contributed by atoms with E-state index in [4.69, 9.17) is 4.74 Å². The molecular formula is C18H22N4O2S. The van der Waals surface area contributed by atoms with Gasteiger partial charge in [-0.15, -0.1) is 10.2 Å². The zero-order valence-corrected chi connectivity index (χ0v) is 15.5. The van der Waals surface area contributed by atoms with Crippen LogP contribution in [0.4, 0.5) is 0 Å². The van der Waals surface area contributed by atoms with Crippen molar-refractivity contribution < 1.29 is 4.74 Å². The zero-order valence-electron chi connectivity index (χ0n) is 14.7. The topological polar surface area (TPSA) is 61.4 Å². The van der Waals surface area contributed by atoms with Crippen molar-refractivity contribution in [2.75, 3.05) is 12.4 Å². The number of nitrogens with zero attached hydrogens (tertiary/aromatic N) is 4. The van der Waals surface area contributed by atoms with Gasteiger partial charge in [0.2, 0.25) is 5.65 Å². The standard InChI is InChI=1S/C18H22N4O2S/c1-4-24-15-7-5-14(6-8-15)21-10-11-22-16(17(21)23)19-20-18(22)25-12-9-13(2)3/h5-8,10-11,13H,4,9,12H2,1-3H3. The first-order valence-corrected chi connectivity index (χ1v) is 9.41. The summed E-state index contributed by atoms with van der Waals surface area (Å²) in [5, 5.41) is 9.01. The Hall–Kier alpha value is -2.28. The Labute approximate surface area is 150 Å². The lowest BCUT2D eigenvalue weighted by molar-refractivity contribution is 0.340. The van der Waals surface area contributed by atoms with E-state index in [0.717, 1.165) is 28.8 Å². The summed E-state index contributed by atoms with van der Waals surface area (Å²) < 4.78 is 8.77. The third-order valence-corrected chi connectivity index (χ3v) is 4.77. The summed E-state index contributed by atoms with van der Waals surface area (Å²) in [7, 11) is 0. The average Bonchev–Trinajstić information content (AvgIpc) is 3.00. The number of benzene rings is 1. The molecule has 0 amide bonds. The quantitative estimate of drug-likeness (QED) is 0.606. The van der Waals surface area contributed by atoms with E-state index in [1.54, 1.807) is 26.9 Å². The van der Waals surface area contributed by atoms with Gasteiger partial charge in [0.25, 0.3) is 0 Å². The van der Waals surface area contributed by atoms with Crippen LogP contribution in [0.1, 0.15) is 27.2 Å². The Bertz CT molecular complexity index is 900. The molecule has 25 heavy (non-hydrogen) atoms. The molecule has 0 N–H and O–H groups in total. The van der Waals surface area contributed by atoms with Crippen molar-refractivity contribution in [2.45, 2.75) is 32.3 Å². The molecule has 0 radical (unpaired) electrons. The van der Waals surface area contributed by atoms with Gasteiger partial charge < -0.3 is 4.74 Å². The van der Waals surface area contributed by atoms with E-state index >= 15 is 0 Å². The maximum Gasteiger partial charge on any atom is 0.300 e. The second kappa shape index (κ2) is 7.74. The number of thioether (sulfide) groups is 1. The number of hydrogen-bond acceptors (Lipinski definition) is 5. The number of aromatic nitrogens is 4. The van der Waals surface area contributed by atoms with Gasteiger partial charge >= 0.3 is 5.56 Å². The maximum absolute atomic E-state index is 12.7. The van der Waals surface area contributed by atoms with Crippen LogP contribution in [0.15, 0.2) is 46.6 Å². The molecule has 0 aliphatic carbocycles. The number of fused-ring (bicyclic) bond motifs is 1. The molecular weight excluding hydrogens is 336 g/mol. The van der Waals surface area contributed by atoms with Crippen molar-refractivity contribution in [3.63, 3.8) is 0 Å². The third kappa shape index (κ3) is 3.87. The lowest BCUT2D eigenvalue weighted by atomic mass is 10.2. The number of hydrogen-bond donors (Lipinski definition) is 0. The molecule has 6 nitrogen and oxygen atoms in total. The van der Waals surface area contributed by atoms with Gasteiger partial charge in [0.05, 0.1) is 6.61 Å². The van der Waals surface area contributed by atoms with E-state index in [9.17, 15) is 4.79 Å². The van der Waals surface area contributed by atoms with Gasteiger partial charge in [0.15, 0.2) is 5.16 Å². The fourth-order valence-electron chi connectivity index (χ4n) is 2.42. The lowest BCUT2D eigenvalue weighted by Gasteiger charge is -2.08. The van der Waals surface area contributed by atoms with Crippen molar-refractivity contribution in [1.82, 2.24) is 19.2 Å². The van der Waals surface area contributed by atoms with Crippen LogP contribution in [-0.2, 0) is 0 Å². The normalized spacial score (nSPS) is 11.4. The Morgan fingerprint density at radius 3 is 2.60 bits per heavy atom. The molecule has 3 aromatic rings. The van der Waals surface area contributed by atoms with Crippen LogP contribution < -0.4 is 10.3 Å². The Morgan fingerprint density at radius 2 is 1.92 bits per heavy atom. The van der Waals surface area contributed by atoms with Crippen molar-refractivity contribution in [1.29, 1.82) is 0 Å². The van der Waals surface area contributed by atoms with Crippen molar-refractivity contribution in [3.05, 3.63) is 47.0 Å². The summed E-state index contributed by atoms with van der Waals surface area (Å²) in [5.41, 5.74) is 0.922. The molecule has 3 rings (SSSR count). The van der Waals surface area contributed by atoms with Gasteiger partial charge in [-0.1, -0.05) is 25.6 Å². The summed E-state index contributed by atoms with van der Waals surface area (Å²) in [4.78, 5) is 12.7. The van der Waals surface area contributed by atoms with Crippen LogP contribution >= 0.6 is 11.8 Å². The van der Waals surface area contributed by atoms with Crippen LogP contribution in [-0.4, -0.2) is 31.5 Å². The Morgan fingerprint density at radius 1 is 1.16 bits per heavy atom. The molecule has 2 heterocycles. The minimum absolute atomic E-state index is 0.185. The molecule has 0 aliphatic heterocycles. The summed E-state index contributed by atoms with van der Waals surface area (Å²) in [6.07, 6.45) is 4.69. The molecule has 0 fully saturated rings. The van der Waals surface area contributed by atoms with E-state index in [-0.39, 0.29) is 5.56 Å². The van der Waals surface area contributed by atoms with Gasteiger partial charge in [0.1, 0.15) is 5.75 Å². The average molecular weight is 358 g/mol. The van der Waals surface area contributed by atoms with Gasteiger partial charge in [-0.25, -0.2) is 0 Å². The van der Waals surface area contributed by atoms with Gasteiger partial charge in [-0.05, 0) is 43.5 Å². The third-order valence-electron chi connectivity index (χ3n) is 3.79. The van der Waals surface area contributed by atoms with E-state index in [2.05, 4.69) is 24.0 Å². The highest BCUT2D eigenvalue weighted by Gasteiger charge is 2.12. The molecule has 0 saturated carbocycles. The zero-order chi connectivity index (χ0) is 17.8. The SMILES string of the molecule is CCOc1ccc(-n2ccn3c(SCCC(C)C)nnc3c2=O)cc1. The number of ether oxygens (including phenoxy) is 1. The van der Waals surface area contributed by atoms with Crippen LogP contribution in [0.25, 0.3) is 11.3 Å². The molecule has 2 aromatic heterocycles. The minimum atomic E-state index is -0.185. The Kier molecular flexibility index (Phi) is 5.43. The van der Waals surface area contributed by atoms with E-state index < -0.39 is 0 Å². The molecule has 0 bridgehead atoms. The van der Waals surface area contributed by atoms with Crippen molar-refractivity contribution in [2.24, 2.45) is 5.92 Å². The smallest absolute Gasteiger partial charge is 0.300 e. The number of rotatable bonds is 7. The van der Waals surface area contributed by atoms with Crippen LogP contribution in [0.2, 0.25) is 0 Å². The predicted octanol–water partition coefficient (Wildman–Crippen LogP) is 3.42. The molecule has 7 heteroatoms. The highest BCUT2D eigenvalue weighted by Crippen LogP contribution is 2.19. The highest BCUT2D eigenvalue weighted by molar-refractivity contribution is 7.99.